The molecule has 1 rings (SSSR count). The van der Waals surface area contributed by atoms with E-state index in [0.29, 0.717) is 5.06 Å². The maximum absolute atomic E-state index is 10.6. The van der Waals surface area contributed by atoms with Gasteiger partial charge >= 0.3 is 6.09 Å². The molecule has 4 heteroatoms. The van der Waals surface area contributed by atoms with Crippen molar-refractivity contribution >= 4 is 17.4 Å². The Morgan fingerprint density at radius 3 is 3.10 bits per heavy atom. The van der Waals surface area contributed by atoms with Crippen LogP contribution in [0, 0.1) is 0 Å². The van der Waals surface area contributed by atoms with Crippen LogP contribution >= 0.6 is 11.3 Å². The molecule has 0 saturated heterocycles. The minimum Gasteiger partial charge on any atom is -0.399 e. The van der Waals surface area contributed by atoms with Crippen LogP contribution in [0.15, 0.2) is 17.5 Å². The van der Waals surface area contributed by atoms with E-state index in [1.54, 1.807) is 6.07 Å². The highest BCUT2D eigenvalue weighted by Crippen LogP contribution is 2.17. The summed E-state index contributed by atoms with van der Waals surface area (Å²) in [5.74, 6) is 0. The maximum atomic E-state index is 10.6. The van der Waals surface area contributed by atoms with Crippen molar-refractivity contribution in [2.45, 2.75) is 0 Å². The Bertz CT molecular complexity index is 208. The van der Waals surface area contributed by atoms with Crippen LogP contribution in [0.1, 0.15) is 0 Å². The molecular weight excluding hydrogens is 150 g/mol. The van der Waals surface area contributed by atoms with Crippen molar-refractivity contribution in [3.63, 3.8) is 0 Å². The third-order valence-corrected chi connectivity index (χ3v) is 1.64. The summed E-state index contributed by atoms with van der Waals surface area (Å²) in [5.41, 5.74) is 0. The monoisotopic (exact) mass is 157 g/mol. The standard InChI is InChI=1S/C6H7NO2S/c1-7-6(8)9-5-3-2-4-10-5/h2-4H,1H3,(H,7,8). The van der Waals surface area contributed by atoms with E-state index in [-0.39, 0.29) is 0 Å². The molecule has 0 aliphatic rings. The number of amides is 1. The Hall–Kier alpha value is -1.03. The molecule has 10 heavy (non-hydrogen) atoms. The lowest BCUT2D eigenvalue weighted by molar-refractivity contribution is 0.204. The maximum Gasteiger partial charge on any atom is 0.413 e. The van der Waals surface area contributed by atoms with Gasteiger partial charge in [-0.25, -0.2) is 4.79 Å². The highest BCUT2D eigenvalue weighted by Gasteiger charge is 1.99. The molecule has 0 unspecified atom stereocenters. The van der Waals surface area contributed by atoms with E-state index in [0.717, 1.165) is 0 Å². The van der Waals surface area contributed by atoms with Crippen LogP contribution in [0.2, 0.25) is 0 Å². The molecule has 0 aromatic carbocycles. The van der Waals surface area contributed by atoms with Gasteiger partial charge in [-0.1, -0.05) is 0 Å². The molecule has 0 aliphatic carbocycles. The molecule has 1 aromatic rings. The number of rotatable bonds is 1. The summed E-state index contributed by atoms with van der Waals surface area (Å²) in [5, 5.41) is 4.80. The van der Waals surface area contributed by atoms with Crippen LogP contribution in [0.3, 0.4) is 0 Å². The minimum atomic E-state index is -0.428. The summed E-state index contributed by atoms with van der Waals surface area (Å²) in [6, 6.07) is 3.56. The van der Waals surface area contributed by atoms with Crippen molar-refractivity contribution in [3.05, 3.63) is 17.5 Å². The Balaban J connectivity index is 2.48. The fourth-order valence-electron chi connectivity index (χ4n) is 0.464. The number of hydrogen-bond acceptors (Lipinski definition) is 3. The van der Waals surface area contributed by atoms with Crippen LogP contribution in [-0.4, -0.2) is 13.1 Å². The fraction of sp³-hybridized carbons (Fsp3) is 0.167. The van der Waals surface area contributed by atoms with Crippen LogP contribution in [0.25, 0.3) is 0 Å². The highest BCUT2D eigenvalue weighted by molar-refractivity contribution is 7.11. The van der Waals surface area contributed by atoms with E-state index in [9.17, 15) is 4.79 Å². The summed E-state index contributed by atoms with van der Waals surface area (Å²) in [6.07, 6.45) is -0.428. The SMILES string of the molecule is CNC(=O)Oc1cccs1. The van der Waals surface area contributed by atoms with Gasteiger partial charge in [0.05, 0.1) is 0 Å². The normalized spacial score (nSPS) is 8.90. The molecule has 1 N–H and O–H groups in total. The molecular formula is C6H7NO2S. The third kappa shape index (κ3) is 1.73. The first-order valence-electron chi connectivity index (χ1n) is 2.76. The van der Waals surface area contributed by atoms with E-state index in [1.807, 2.05) is 11.4 Å². The van der Waals surface area contributed by atoms with Gasteiger partial charge in [0, 0.05) is 7.05 Å². The van der Waals surface area contributed by atoms with Gasteiger partial charge in [0.2, 0.25) is 0 Å². The zero-order valence-corrected chi connectivity index (χ0v) is 6.27. The predicted octanol–water partition coefficient (Wildman–Crippen LogP) is 1.47. The zero-order valence-electron chi connectivity index (χ0n) is 5.46. The number of hydrogen-bond donors (Lipinski definition) is 1. The van der Waals surface area contributed by atoms with Crippen molar-refractivity contribution in [2.75, 3.05) is 7.05 Å². The molecule has 1 aromatic heterocycles. The van der Waals surface area contributed by atoms with Crippen molar-refractivity contribution in [3.8, 4) is 5.06 Å². The molecule has 1 heterocycles. The third-order valence-electron chi connectivity index (χ3n) is 0.892. The van der Waals surface area contributed by atoms with Crippen molar-refractivity contribution in [1.29, 1.82) is 0 Å². The van der Waals surface area contributed by atoms with Crippen molar-refractivity contribution < 1.29 is 9.53 Å². The van der Waals surface area contributed by atoms with Gasteiger partial charge in [-0.15, -0.1) is 11.3 Å². The fourth-order valence-corrected chi connectivity index (χ4v) is 1.04. The number of nitrogens with one attached hydrogen (secondary N) is 1. The van der Waals surface area contributed by atoms with E-state index < -0.39 is 6.09 Å². The molecule has 0 aliphatic heterocycles. The van der Waals surface area contributed by atoms with Gasteiger partial charge in [-0.2, -0.15) is 0 Å². The summed E-state index contributed by atoms with van der Waals surface area (Å²) in [4.78, 5) is 10.6. The second kappa shape index (κ2) is 3.22. The predicted molar refractivity (Wildman–Crippen MR) is 39.4 cm³/mol. The van der Waals surface area contributed by atoms with Gasteiger partial charge in [-0.05, 0) is 17.5 Å². The summed E-state index contributed by atoms with van der Waals surface area (Å²) < 4.78 is 4.77. The summed E-state index contributed by atoms with van der Waals surface area (Å²) >= 11 is 1.38. The van der Waals surface area contributed by atoms with E-state index in [2.05, 4.69) is 5.32 Å². The lowest BCUT2D eigenvalue weighted by atomic mass is 10.7. The molecule has 0 atom stereocenters. The molecule has 0 spiro atoms. The van der Waals surface area contributed by atoms with Crippen molar-refractivity contribution in [1.82, 2.24) is 5.32 Å². The number of carbonyl (C=O) groups excluding carboxylic acids is 1. The van der Waals surface area contributed by atoms with Crippen LogP contribution in [-0.2, 0) is 0 Å². The van der Waals surface area contributed by atoms with Crippen LogP contribution in [0.4, 0.5) is 4.79 Å². The lowest BCUT2D eigenvalue weighted by Crippen LogP contribution is -2.21. The number of ether oxygens (including phenoxy) is 1. The van der Waals surface area contributed by atoms with Crippen LogP contribution in [0.5, 0.6) is 5.06 Å². The van der Waals surface area contributed by atoms with Gasteiger partial charge in [0.15, 0.2) is 5.06 Å². The Morgan fingerprint density at radius 1 is 1.80 bits per heavy atom. The largest absolute Gasteiger partial charge is 0.413 e. The summed E-state index contributed by atoms with van der Waals surface area (Å²) in [7, 11) is 1.52. The van der Waals surface area contributed by atoms with Gasteiger partial charge < -0.3 is 10.1 Å². The lowest BCUT2D eigenvalue weighted by Gasteiger charge is -1.96. The molecule has 0 bridgehead atoms. The number of thiophene rings is 1. The molecule has 0 fully saturated rings. The van der Waals surface area contributed by atoms with Crippen molar-refractivity contribution in [2.24, 2.45) is 0 Å². The molecule has 1 amide bonds. The first-order valence-corrected chi connectivity index (χ1v) is 3.64. The topological polar surface area (TPSA) is 38.3 Å². The first kappa shape index (κ1) is 7.08. The van der Waals surface area contributed by atoms with Gasteiger partial charge in [-0.3, -0.25) is 0 Å². The van der Waals surface area contributed by atoms with E-state index in [1.165, 1.54) is 18.4 Å². The quantitative estimate of drug-likeness (QED) is 0.670. The average molecular weight is 157 g/mol. The Labute approximate surface area is 62.6 Å². The molecule has 0 radical (unpaired) electrons. The Morgan fingerprint density at radius 2 is 2.60 bits per heavy atom. The van der Waals surface area contributed by atoms with Gasteiger partial charge in [0.25, 0.3) is 0 Å². The Kier molecular flexibility index (Phi) is 2.28. The zero-order chi connectivity index (χ0) is 7.40. The minimum absolute atomic E-state index is 0.428. The molecule has 3 nitrogen and oxygen atoms in total. The second-order valence-electron chi connectivity index (χ2n) is 1.57. The molecule has 54 valence electrons. The highest BCUT2D eigenvalue weighted by atomic mass is 32.1. The van der Waals surface area contributed by atoms with E-state index in [4.69, 9.17) is 4.74 Å². The first-order chi connectivity index (χ1) is 4.83. The van der Waals surface area contributed by atoms with E-state index >= 15 is 0 Å². The average Bonchev–Trinajstić information content (AvgIpc) is 2.40. The second-order valence-corrected chi connectivity index (χ2v) is 2.48. The van der Waals surface area contributed by atoms with Gasteiger partial charge in [0.1, 0.15) is 0 Å². The number of carbonyl (C=O) groups is 1. The molecule has 0 saturated carbocycles. The van der Waals surface area contributed by atoms with Crippen LogP contribution < -0.4 is 10.1 Å². The summed E-state index contributed by atoms with van der Waals surface area (Å²) in [6.45, 7) is 0. The smallest absolute Gasteiger partial charge is 0.399 e.